The highest BCUT2D eigenvalue weighted by Crippen LogP contribution is 2.28. The fourth-order valence-electron chi connectivity index (χ4n) is 1.79. The van der Waals surface area contributed by atoms with Crippen molar-refractivity contribution in [3.8, 4) is 5.75 Å². The fraction of sp³-hybridized carbons (Fsp3) is 0.500. The summed E-state index contributed by atoms with van der Waals surface area (Å²) in [5.41, 5.74) is 0.972. The van der Waals surface area contributed by atoms with Crippen LogP contribution in [-0.2, 0) is 11.3 Å². The van der Waals surface area contributed by atoms with Crippen LogP contribution < -0.4 is 15.4 Å². The Hall–Kier alpha value is -1.69. The molecule has 1 aromatic carbocycles. The molecule has 0 heterocycles. The molecule has 0 radical (unpaired) electrons. The summed E-state index contributed by atoms with van der Waals surface area (Å²) in [4.78, 5) is 11.3. The van der Waals surface area contributed by atoms with E-state index in [0.717, 1.165) is 18.4 Å². The molecule has 20 heavy (non-hydrogen) atoms. The lowest BCUT2D eigenvalue weighted by Crippen LogP contribution is -2.32. The molecule has 2 rings (SSSR count). The van der Waals surface area contributed by atoms with E-state index in [1.807, 2.05) is 0 Å². The van der Waals surface area contributed by atoms with Gasteiger partial charge in [0.2, 0.25) is 5.91 Å². The predicted molar refractivity (Wildman–Crippen MR) is 70.5 cm³/mol. The number of hydrogen-bond donors (Lipinski definition) is 2. The van der Waals surface area contributed by atoms with Gasteiger partial charge in [-0.15, -0.1) is 0 Å². The molecular formula is C14H18F2N2O2. The predicted octanol–water partition coefficient (Wildman–Crippen LogP) is 1.90. The van der Waals surface area contributed by atoms with E-state index in [2.05, 4.69) is 15.4 Å². The maximum atomic E-state index is 12.0. The molecule has 0 atom stereocenters. The standard InChI is InChI=1S/C14H18F2N2O2/c15-14(16)20-12-5-1-10(2-6-12)9-17-7-8-18-13(19)11-3-4-11/h1-2,5-6,11,14,17H,3-4,7-9H2,(H,18,19). The molecule has 4 nitrogen and oxygen atoms in total. The van der Waals surface area contributed by atoms with Gasteiger partial charge < -0.3 is 15.4 Å². The highest BCUT2D eigenvalue weighted by atomic mass is 19.3. The first kappa shape index (κ1) is 14.7. The molecule has 1 fully saturated rings. The Morgan fingerprint density at radius 3 is 2.55 bits per heavy atom. The molecule has 0 saturated heterocycles. The summed E-state index contributed by atoms with van der Waals surface area (Å²) in [6, 6.07) is 6.48. The number of rotatable bonds is 8. The summed E-state index contributed by atoms with van der Waals surface area (Å²) in [6.45, 7) is -0.904. The van der Waals surface area contributed by atoms with E-state index in [1.165, 1.54) is 12.1 Å². The number of carbonyl (C=O) groups excluding carboxylic acids is 1. The van der Waals surface area contributed by atoms with E-state index >= 15 is 0 Å². The van der Waals surface area contributed by atoms with Gasteiger partial charge in [0.05, 0.1) is 0 Å². The van der Waals surface area contributed by atoms with Crippen LogP contribution in [0.3, 0.4) is 0 Å². The third-order valence-electron chi connectivity index (χ3n) is 3.03. The first-order valence-corrected chi connectivity index (χ1v) is 6.67. The van der Waals surface area contributed by atoms with Crippen molar-refractivity contribution in [1.29, 1.82) is 0 Å². The van der Waals surface area contributed by atoms with Crippen molar-refractivity contribution in [2.45, 2.75) is 26.0 Å². The lowest BCUT2D eigenvalue weighted by molar-refractivity contribution is -0.122. The third kappa shape index (κ3) is 5.13. The quantitative estimate of drug-likeness (QED) is 0.717. The molecule has 1 saturated carbocycles. The average Bonchev–Trinajstić information content (AvgIpc) is 3.24. The topological polar surface area (TPSA) is 50.4 Å². The second kappa shape index (κ2) is 7.19. The van der Waals surface area contributed by atoms with Crippen molar-refractivity contribution in [2.75, 3.05) is 13.1 Å². The maximum Gasteiger partial charge on any atom is 0.387 e. The van der Waals surface area contributed by atoms with Crippen LogP contribution in [0.1, 0.15) is 18.4 Å². The first-order chi connectivity index (χ1) is 9.65. The molecule has 6 heteroatoms. The zero-order chi connectivity index (χ0) is 14.4. The van der Waals surface area contributed by atoms with Crippen LogP contribution in [0, 0.1) is 5.92 Å². The van der Waals surface area contributed by atoms with Crippen molar-refractivity contribution in [3.63, 3.8) is 0 Å². The molecule has 1 amide bonds. The Kier molecular flexibility index (Phi) is 5.29. The Labute approximate surface area is 116 Å². The molecule has 0 spiro atoms. The molecule has 0 bridgehead atoms. The number of halogens is 2. The lowest BCUT2D eigenvalue weighted by atomic mass is 10.2. The monoisotopic (exact) mass is 284 g/mol. The molecule has 0 aliphatic heterocycles. The van der Waals surface area contributed by atoms with Crippen LogP contribution in [-0.4, -0.2) is 25.6 Å². The minimum atomic E-state index is -2.80. The SMILES string of the molecule is O=C(NCCNCc1ccc(OC(F)F)cc1)C1CC1. The van der Waals surface area contributed by atoms with Gasteiger partial charge in [0.1, 0.15) is 5.75 Å². The van der Waals surface area contributed by atoms with Gasteiger partial charge in [-0.3, -0.25) is 4.79 Å². The number of amides is 1. The molecule has 1 aromatic rings. The maximum absolute atomic E-state index is 12.0. The van der Waals surface area contributed by atoms with E-state index in [-0.39, 0.29) is 17.6 Å². The summed E-state index contributed by atoms with van der Waals surface area (Å²) in [5.74, 6) is 0.526. The number of ether oxygens (including phenoxy) is 1. The van der Waals surface area contributed by atoms with Crippen LogP contribution in [0.5, 0.6) is 5.75 Å². The number of hydrogen-bond acceptors (Lipinski definition) is 3. The zero-order valence-electron chi connectivity index (χ0n) is 11.1. The van der Waals surface area contributed by atoms with E-state index in [0.29, 0.717) is 19.6 Å². The van der Waals surface area contributed by atoms with Crippen LogP contribution in [0.4, 0.5) is 8.78 Å². The van der Waals surface area contributed by atoms with Gasteiger partial charge in [0.25, 0.3) is 0 Å². The molecule has 0 aromatic heterocycles. The summed E-state index contributed by atoms with van der Waals surface area (Å²) in [5, 5.41) is 6.03. The number of benzene rings is 1. The van der Waals surface area contributed by atoms with Crippen molar-refractivity contribution >= 4 is 5.91 Å². The third-order valence-corrected chi connectivity index (χ3v) is 3.03. The summed E-state index contributed by atoms with van der Waals surface area (Å²) in [7, 11) is 0. The van der Waals surface area contributed by atoms with Gasteiger partial charge in [0.15, 0.2) is 0 Å². The highest BCUT2D eigenvalue weighted by molar-refractivity contribution is 5.80. The van der Waals surface area contributed by atoms with Gasteiger partial charge in [-0.2, -0.15) is 8.78 Å². The number of nitrogens with one attached hydrogen (secondary N) is 2. The summed E-state index contributed by atoms with van der Waals surface area (Å²) < 4.78 is 28.2. The van der Waals surface area contributed by atoms with Gasteiger partial charge in [-0.1, -0.05) is 12.1 Å². The van der Waals surface area contributed by atoms with Crippen molar-refractivity contribution in [3.05, 3.63) is 29.8 Å². The largest absolute Gasteiger partial charge is 0.435 e. The Morgan fingerprint density at radius 2 is 1.95 bits per heavy atom. The smallest absolute Gasteiger partial charge is 0.387 e. The van der Waals surface area contributed by atoms with Crippen LogP contribution in [0.25, 0.3) is 0 Å². The van der Waals surface area contributed by atoms with Crippen LogP contribution in [0.15, 0.2) is 24.3 Å². The minimum Gasteiger partial charge on any atom is -0.435 e. The van der Waals surface area contributed by atoms with Crippen molar-refractivity contribution in [2.24, 2.45) is 5.92 Å². The second-order valence-corrected chi connectivity index (χ2v) is 4.76. The Morgan fingerprint density at radius 1 is 1.25 bits per heavy atom. The fourth-order valence-corrected chi connectivity index (χ4v) is 1.79. The molecular weight excluding hydrogens is 266 g/mol. The van der Waals surface area contributed by atoms with E-state index in [9.17, 15) is 13.6 Å². The lowest BCUT2D eigenvalue weighted by Gasteiger charge is -2.08. The highest BCUT2D eigenvalue weighted by Gasteiger charge is 2.28. The second-order valence-electron chi connectivity index (χ2n) is 4.76. The number of alkyl halides is 2. The molecule has 2 N–H and O–H groups in total. The minimum absolute atomic E-state index is 0.139. The molecule has 1 aliphatic carbocycles. The molecule has 1 aliphatic rings. The zero-order valence-corrected chi connectivity index (χ0v) is 11.1. The van der Waals surface area contributed by atoms with E-state index < -0.39 is 6.61 Å². The normalized spacial score (nSPS) is 14.3. The Bertz CT molecular complexity index is 433. The van der Waals surface area contributed by atoms with Crippen molar-refractivity contribution in [1.82, 2.24) is 10.6 Å². The van der Waals surface area contributed by atoms with Gasteiger partial charge in [-0.05, 0) is 30.5 Å². The van der Waals surface area contributed by atoms with E-state index in [4.69, 9.17) is 0 Å². The summed E-state index contributed by atoms with van der Waals surface area (Å²) in [6.07, 6.45) is 2.01. The van der Waals surface area contributed by atoms with Gasteiger partial charge in [0, 0.05) is 25.6 Å². The Balaban J connectivity index is 1.60. The first-order valence-electron chi connectivity index (χ1n) is 6.67. The van der Waals surface area contributed by atoms with Crippen LogP contribution >= 0.6 is 0 Å². The number of carbonyl (C=O) groups is 1. The molecule has 110 valence electrons. The van der Waals surface area contributed by atoms with Gasteiger partial charge >= 0.3 is 6.61 Å². The van der Waals surface area contributed by atoms with Crippen molar-refractivity contribution < 1.29 is 18.3 Å². The van der Waals surface area contributed by atoms with Gasteiger partial charge in [-0.25, -0.2) is 0 Å². The average molecular weight is 284 g/mol. The van der Waals surface area contributed by atoms with E-state index in [1.54, 1.807) is 12.1 Å². The molecule has 0 unspecified atom stereocenters. The van der Waals surface area contributed by atoms with Crippen LogP contribution in [0.2, 0.25) is 0 Å². The summed E-state index contributed by atoms with van der Waals surface area (Å²) >= 11 is 0.